The predicted molar refractivity (Wildman–Crippen MR) is 100 cm³/mol. The summed E-state index contributed by atoms with van der Waals surface area (Å²) in [6.45, 7) is 1.57. The first kappa shape index (κ1) is 17.6. The number of amides is 1. The van der Waals surface area contributed by atoms with Gasteiger partial charge in [0.15, 0.2) is 0 Å². The average molecular weight is 372 g/mol. The number of aryl methyl sites for hydroxylation is 1. The summed E-state index contributed by atoms with van der Waals surface area (Å²) >= 11 is 1.73. The number of aromatic nitrogens is 1. The van der Waals surface area contributed by atoms with E-state index in [0.717, 1.165) is 30.5 Å². The molecular weight excluding hydrogens is 348 g/mol. The third kappa shape index (κ3) is 3.98. The molecule has 0 aromatic carbocycles. The van der Waals surface area contributed by atoms with E-state index in [-0.39, 0.29) is 18.1 Å². The van der Waals surface area contributed by atoms with Gasteiger partial charge in [0, 0.05) is 23.1 Å². The Morgan fingerprint density at radius 3 is 3.15 bits per heavy atom. The number of hydrogen-bond donors (Lipinski definition) is 1. The van der Waals surface area contributed by atoms with Crippen molar-refractivity contribution in [1.29, 1.82) is 0 Å². The minimum atomic E-state index is -0.149. The van der Waals surface area contributed by atoms with Crippen molar-refractivity contribution in [2.24, 2.45) is 0 Å². The van der Waals surface area contributed by atoms with Crippen LogP contribution in [0.25, 0.3) is 0 Å². The van der Waals surface area contributed by atoms with Gasteiger partial charge in [0.05, 0.1) is 30.5 Å². The summed E-state index contributed by atoms with van der Waals surface area (Å²) in [5, 5.41) is 5.22. The molecule has 2 aliphatic rings. The first-order valence-corrected chi connectivity index (χ1v) is 10.2. The van der Waals surface area contributed by atoms with Gasteiger partial charge in [0.2, 0.25) is 0 Å². The molecule has 1 fully saturated rings. The average Bonchev–Trinajstić information content (AvgIpc) is 3.12. The lowest BCUT2D eigenvalue weighted by molar-refractivity contribution is -0.0743. The number of ether oxygens (including phenoxy) is 2. The predicted octanol–water partition coefficient (Wildman–Crippen LogP) is 3.13. The number of carbonyl (C=O) groups is 1. The molecule has 6 heteroatoms. The van der Waals surface area contributed by atoms with Crippen molar-refractivity contribution in [3.63, 3.8) is 0 Å². The molecule has 26 heavy (non-hydrogen) atoms. The summed E-state index contributed by atoms with van der Waals surface area (Å²) in [4.78, 5) is 18.5. The highest BCUT2D eigenvalue weighted by molar-refractivity contribution is 7.10. The summed E-state index contributed by atoms with van der Waals surface area (Å²) in [6.07, 6.45) is 6.92. The van der Waals surface area contributed by atoms with Gasteiger partial charge >= 0.3 is 0 Å². The summed E-state index contributed by atoms with van der Waals surface area (Å²) < 4.78 is 11.6. The van der Waals surface area contributed by atoms with Crippen molar-refractivity contribution >= 4 is 17.2 Å². The van der Waals surface area contributed by atoms with E-state index in [2.05, 4.69) is 10.3 Å². The monoisotopic (exact) mass is 372 g/mol. The highest BCUT2D eigenvalue weighted by atomic mass is 32.1. The van der Waals surface area contributed by atoms with Gasteiger partial charge < -0.3 is 14.8 Å². The van der Waals surface area contributed by atoms with Gasteiger partial charge in [-0.3, -0.25) is 9.78 Å². The molecule has 1 amide bonds. The molecule has 1 aliphatic heterocycles. The molecule has 2 aromatic rings. The molecule has 0 bridgehead atoms. The number of nitrogens with zero attached hydrogens (tertiary/aromatic N) is 1. The van der Waals surface area contributed by atoms with Crippen LogP contribution in [0.5, 0.6) is 0 Å². The van der Waals surface area contributed by atoms with Crippen LogP contribution >= 0.6 is 11.3 Å². The van der Waals surface area contributed by atoms with Crippen molar-refractivity contribution in [2.75, 3.05) is 13.2 Å². The molecule has 1 aliphatic carbocycles. The van der Waals surface area contributed by atoms with Crippen molar-refractivity contribution in [3.05, 3.63) is 51.5 Å². The van der Waals surface area contributed by atoms with Crippen molar-refractivity contribution in [1.82, 2.24) is 10.3 Å². The molecule has 0 spiro atoms. The zero-order valence-electron chi connectivity index (χ0n) is 14.8. The van der Waals surface area contributed by atoms with E-state index in [9.17, 15) is 4.79 Å². The van der Waals surface area contributed by atoms with Gasteiger partial charge in [-0.1, -0.05) is 6.07 Å². The molecule has 0 saturated carbocycles. The Bertz CT molecular complexity index is 747. The van der Waals surface area contributed by atoms with Crippen molar-refractivity contribution in [2.45, 2.75) is 50.9 Å². The molecule has 2 unspecified atom stereocenters. The van der Waals surface area contributed by atoms with Gasteiger partial charge in [0.25, 0.3) is 5.91 Å². The molecule has 0 radical (unpaired) electrons. The van der Waals surface area contributed by atoms with E-state index in [4.69, 9.17) is 9.47 Å². The standard InChI is InChI=1S/C20H24N2O3S/c23-20(16-13-26-19-7-2-1-6-15(16)19)22-17-8-10-24-12-18(17)25-11-14-5-3-4-9-21-14/h3-5,9,13,17-18H,1-2,6-8,10-12H2,(H,22,23). The molecule has 3 heterocycles. The molecule has 138 valence electrons. The van der Waals surface area contributed by atoms with Crippen LogP contribution in [-0.2, 0) is 28.9 Å². The third-order valence-corrected chi connectivity index (χ3v) is 6.19. The van der Waals surface area contributed by atoms with E-state index < -0.39 is 0 Å². The fourth-order valence-corrected chi connectivity index (χ4v) is 4.77. The van der Waals surface area contributed by atoms with Crippen LogP contribution in [0, 0.1) is 0 Å². The first-order valence-electron chi connectivity index (χ1n) is 9.30. The molecule has 5 nitrogen and oxygen atoms in total. The number of thiophene rings is 1. The smallest absolute Gasteiger partial charge is 0.252 e. The molecule has 2 atom stereocenters. The van der Waals surface area contributed by atoms with Crippen LogP contribution in [0.4, 0.5) is 0 Å². The Hall–Kier alpha value is -1.76. The maximum absolute atomic E-state index is 12.9. The quantitative estimate of drug-likeness (QED) is 0.876. The van der Waals surface area contributed by atoms with E-state index in [1.807, 2.05) is 23.6 Å². The Balaban J connectivity index is 1.40. The lowest BCUT2D eigenvalue weighted by atomic mass is 9.95. The minimum Gasteiger partial charge on any atom is -0.379 e. The molecule has 1 saturated heterocycles. The molecular formula is C20H24N2O3S. The Labute approximate surface area is 157 Å². The van der Waals surface area contributed by atoms with E-state index in [0.29, 0.717) is 19.8 Å². The SMILES string of the molecule is O=C(NC1CCOCC1OCc1ccccn1)c1csc2c1CCCC2. The fourth-order valence-electron chi connectivity index (χ4n) is 3.65. The lowest BCUT2D eigenvalue weighted by Gasteiger charge is -2.32. The second-order valence-electron chi connectivity index (χ2n) is 6.87. The highest BCUT2D eigenvalue weighted by Crippen LogP contribution is 2.30. The van der Waals surface area contributed by atoms with E-state index in [1.54, 1.807) is 17.5 Å². The topological polar surface area (TPSA) is 60.5 Å². The van der Waals surface area contributed by atoms with Gasteiger partial charge in [-0.05, 0) is 49.8 Å². The van der Waals surface area contributed by atoms with Crippen molar-refractivity contribution < 1.29 is 14.3 Å². The maximum atomic E-state index is 12.9. The number of pyridine rings is 1. The number of nitrogens with one attached hydrogen (secondary N) is 1. The van der Waals surface area contributed by atoms with Gasteiger partial charge in [-0.25, -0.2) is 0 Å². The Kier molecular flexibility index (Phi) is 5.62. The molecule has 1 N–H and O–H groups in total. The number of rotatable bonds is 5. The lowest BCUT2D eigenvalue weighted by Crippen LogP contribution is -2.50. The second-order valence-corrected chi connectivity index (χ2v) is 7.84. The highest BCUT2D eigenvalue weighted by Gasteiger charge is 2.30. The van der Waals surface area contributed by atoms with Crippen LogP contribution in [-0.4, -0.2) is 36.3 Å². The summed E-state index contributed by atoms with van der Waals surface area (Å²) in [5.74, 6) is 0.0303. The van der Waals surface area contributed by atoms with E-state index >= 15 is 0 Å². The van der Waals surface area contributed by atoms with Crippen LogP contribution in [0.1, 0.15) is 45.8 Å². The fraction of sp³-hybridized carbons (Fsp3) is 0.500. The summed E-state index contributed by atoms with van der Waals surface area (Å²) in [6, 6.07) is 5.74. The number of carbonyl (C=O) groups excluding carboxylic acids is 1. The van der Waals surface area contributed by atoms with E-state index in [1.165, 1.54) is 23.3 Å². The Morgan fingerprint density at radius 1 is 1.35 bits per heavy atom. The van der Waals surface area contributed by atoms with Gasteiger partial charge in [-0.2, -0.15) is 0 Å². The zero-order valence-corrected chi connectivity index (χ0v) is 15.6. The van der Waals surface area contributed by atoms with Crippen LogP contribution in [0.2, 0.25) is 0 Å². The third-order valence-electron chi connectivity index (χ3n) is 5.10. The van der Waals surface area contributed by atoms with Crippen LogP contribution in [0.3, 0.4) is 0 Å². The largest absolute Gasteiger partial charge is 0.379 e. The van der Waals surface area contributed by atoms with Gasteiger partial charge in [-0.15, -0.1) is 11.3 Å². The summed E-state index contributed by atoms with van der Waals surface area (Å²) in [7, 11) is 0. The first-order chi connectivity index (χ1) is 12.8. The molecule has 2 aromatic heterocycles. The van der Waals surface area contributed by atoms with Crippen LogP contribution < -0.4 is 5.32 Å². The van der Waals surface area contributed by atoms with Crippen molar-refractivity contribution in [3.8, 4) is 0 Å². The second kappa shape index (κ2) is 8.29. The van der Waals surface area contributed by atoms with Gasteiger partial charge in [0.1, 0.15) is 6.10 Å². The summed E-state index contributed by atoms with van der Waals surface area (Å²) in [5.41, 5.74) is 3.01. The number of hydrogen-bond acceptors (Lipinski definition) is 5. The molecule has 4 rings (SSSR count). The Morgan fingerprint density at radius 2 is 2.27 bits per heavy atom. The zero-order chi connectivity index (χ0) is 17.8. The number of fused-ring (bicyclic) bond motifs is 1. The maximum Gasteiger partial charge on any atom is 0.252 e. The van der Waals surface area contributed by atoms with Crippen LogP contribution in [0.15, 0.2) is 29.8 Å². The normalized spacial score (nSPS) is 22.6. The minimum absolute atomic E-state index is 0.0286.